The van der Waals surface area contributed by atoms with Crippen LogP contribution in [-0.2, 0) is 6.54 Å². The molecule has 0 bridgehead atoms. The van der Waals surface area contributed by atoms with Crippen LogP contribution >= 0.6 is 12.2 Å². The summed E-state index contributed by atoms with van der Waals surface area (Å²) in [5.41, 5.74) is -0.736. The summed E-state index contributed by atoms with van der Waals surface area (Å²) in [4.78, 5) is 0. The molecule has 0 aliphatic rings. The summed E-state index contributed by atoms with van der Waals surface area (Å²) in [6.45, 7) is 3.34. The maximum atomic E-state index is 13.6. The molecule has 9 heteroatoms. The molecule has 0 fully saturated rings. The first-order chi connectivity index (χ1) is 10.8. The third-order valence-corrected chi connectivity index (χ3v) is 3.04. The van der Waals surface area contributed by atoms with Gasteiger partial charge in [0.25, 0.3) is 0 Å². The van der Waals surface area contributed by atoms with Crippen molar-refractivity contribution in [1.82, 2.24) is 15.1 Å². The minimum absolute atomic E-state index is 0.121. The summed E-state index contributed by atoms with van der Waals surface area (Å²) in [6.07, 6.45) is 1.40. The Hall–Kier alpha value is -2.16. The van der Waals surface area contributed by atoms with Crippen molar-refractivity contribution in [2.24, 2.45) is 0 Å². The molecule has 124 valence electrons. The highest BCUT2D eigenvalue weighted by Gasteiger charge is 2.19. The summed E-state index contributed by atoms with van der Waals surface area (Å²) in [7, 11) is 0. The van der Waals surface area contributed by atoms with Crippen molar-refractivity contribution >= 4 is 23.1 Å². The van der Waals surface area contributed by atoms with E-state index >= 15 is 0 Å². The second-order valence-corrected chi connectivity index (χ2v) is 5.51. The van der Waals surface area contributed by atoms with Gasteiger partial charge in [-0.1, -0.05) is 0 Å². The fraction of sp³-hybridized carbons (Fsp3) is 0.286. The summed E-state index contributed by atoms with van der Waals surface area (Å²) in [5.74, 6) is -5.45. The fourth-order valence-electron chi connectivity index (χ4n) is 1.85. The molecular formula is C14H14F4N4S. The minimum atomic E-state index is -1.45. The van der Waals surface area contributed by atoms with E-state index in [2.05, 4.69) is 15.7 Å². The van der Waals surface area contributed by atoms with Gasteiger partial charge in [-0.05, 0) is 26.1 Å². The lowest BCUT2D eigenvalue weighted by molar-refractivity contribution is 0.431. The van der Waals surface area contributed by atoms with E-state index in [1.165, 1.54) is 12.3 Å². The molecule has 0 amide bonds. The predicted octanol–water partition coefficient (Wildman–Crippen LogP) is 3.18. The first kappa shape index (κ1) is 17.2. The number of anilines is 1. The van der Waals surface area contributed by atoms with Crippen LogP contribution in [0.15, 0.2) is 18.3 Å². The summed E-state index contributed by atoms with van der Waals surface area (Å²) in [6, 6.07) is 1.80. The van der Waals surface area contributed by atoms with Gasteiger partial charge in [0.1, 0.15) is 0 Å². The van der Waals surface area contributed by atoms with Crippen LogP contribution < -0.4 is 10.6 Å². The smallest absolute Gasteiger partial charge is 0.172 e. The number of hydrogen-bond acceptors (Lipinski definition) is 2. The van der Waals surface area contributed by atoms with E-state index < -0.39 is 35.4 Å². The van der Waals surface area contributed by atoms with Crippen LogP contribution in [0.1, 0.15) is 19.4 Å². The van der Waals surface area contributed by atoms with Crippen molar-refractivity contribution in [2.75, 3.05) is 5.32 Å². The van der Waals surface area contributed by atoms with E-state index in [-0.39, 0.29) is 12.1 Å². The largest absolute Gasteiger partial charge is 0.360 e. The number of nitrogens with zero attached hydrogens (tertiary/aromatic N) is 2. The van der Waals surface area contributed by atoms with E-state index in [4.69, 9.17) is 12.2 Å². The highest BCUT2D eigenvalue weighted by atomic mass is 32.1. The molecule has 0 saturated heterocycles. The van der Waals surface area contributed by atoms with Gasteiger partial charge in [-0.2, -0.15) is 5.10 Å². The second kappa shape index (κ2) is 6.95. The van der Waals surface area contributed by atoms with Crippen molar-refractivity contribution in [1.29, 1.82) is 0 Å². The zero-order chi connectivity index (χ0) is 17.1. The molecule has 2 aromatic rings. The molecule has 4 nitrogen and oxygen atoms in total. The predicted molar refractivity (Wildman–Crippen MR) is 82.1 cm³/mol. The lowest BCUT2D eigenvalue weighted by Crippen LogP contribution is -2.34. The number of aromatic nitrogens is 2. The Labute approximate surface area is 135 Å². The van der Waals surface area contributed by atoms with Gasteiger partial charge in [0.2, 0.25) is 0 Å². The molecule has 0 spiro atoms. The number of rotatable bonds is 4. The normalized spacial score (nSPS) is 10.9. The van der Waals surface area contributed by atoms with E-state index in [9.17, 15) is 17.6 Å². The molecule has 0 atom stereocenters. The number of hydrogen-bond donors (Lipinski definition) is 2. The van der Waals surface area contributed by atoms with Crippen molar-refractivity contribution < 1.29 is 17.6 Å². The molecule has 0 aliphatic heterocycles. The Bertz CT molecular complexity index is 704. The number of halogens is 4. The maximum Gasteiger partial charge on any atom is 0.172 e. The van der Waals surface area contributed by atoms with Crippen LogP contribution in [0.4, 0.5) is 23.4 Å². The fourth-order valence-corrected chi connectivity index (χ4v) is 2.19. The Morgan fingerprint density at radius 3 is 2.39 bits per heavy atom. The Kier molecular flexibility index (Phi) is 5.19. The van der Waals surface area contributed by atoms with E-state index in [0.717, 1.165) is 4.68 Å². The molecule has 23 heavy (non-hydrogen) atoms. The van der Waals surface area contributed by atoms with Gasteiger partial charge in [-0.25, -0.2) is 17.6 Å². The minimum Gasteiger partial charge on any atom is -0.360 e. The monoisotopic (exact) mass is 346 g/mol. The standard InChI is InChI=1S/C14H14F4N4S/c1-7(2)19-14(23)20-11-3-4-22(21-11)6-8-12(17)9(15)5-10(16)13(8)18/h3-5,7H,6H2,1-2H3,(H2,19,20,21,23). The molecular weight excluding hydrogens is 332 g/mol. The van der Waals surface area contributed by atoms with Gasteiger partial charge in [-0.15, -0.1) is 0 Å². The first-order valence-electron chi connectivity index (χ1n) is 6.70. The summed E-state index contributed by atoms with van der Waals surface area (Å²) < 4.78 is 54.7. The van der Waals surface area contributed by atoms with Crippen LogP contribution in [-0.4, -0.2) is 20.9 Å². The van der Waals surface area contributed by atoms with Gasteiger partial charge in [0, 0.05) is 24.4 Å². The van der Waals surface area contributed by atoms with Crippen molar-refractivity contribution in [3.8, 4) is 0 Å². The van der Waals surface area contributed by atoms with Gasteiger partial charge < -0.3 is 10.6 Å². The molecule has 0 saturated carbocycles. The number of nitrogens with one attached hydrogen (secondary N) is 2. The van der Waals surface area contributed by atoms with Crippen molar-refractivity contribution in [3.63, 3.8) is 0 Å². The van der Waals surface area contributed by atoms with E-state index in [1.54, 1.807) is 0 Å². The van der Waals surface area contributed by atoms with E-state index in [1.807, 2.05) is 13.8 Å². The van der Waals surface area contributed by atoms with Crippen LogP contribution in [0.5, 0.6) is 0 Å². The number of thiocarbonyl (C=S) groups is 1. The van der Waals surface area contributed by atoms with Gasteiger partial charge in [-0.3, -0.25) is 4.68 Å². The molecule has 0 radical (unpaired) electrons. The quantitative estimate of drug-likeness (QED) is 0.507. The van der Waals surface area contributed by atoms with Gasteiger partial charge in [0.05, 0.1) is 12.1 Å². The molecule has 2 N–H and O–H groups in total. The highest BCUT2D eigenvalue weighted by Crippen LogP contribution is 2.20. The first-order valence-corrected chi connectivity index (χ1v) is 7.11. The van der Waals surface area contributed by atoms with Crippen LogP contribution in [0.25, 0.3) is 0 Å². The molecule has 0 aliphatic carbocycles. The molecule has 1 aromatic heterocycles. The Balaban J connectivity index is 2.15. The molecule has 0 unspecified atom stereocenters. The Morgan fingerprint density at radius 2 is 1.83 bits per heavy atom. The SMILES string of the molecule is CC(C)NC(=S)Nc1ccn(Cc2c(F)c(F)cc(F)c2F)n1. The maximum absolute atomic E-state index is 13.6. The van der Waals surface area contributed by atoms with Gasteiger partial charge in [0.15, 0.2) is 34.2 Å². The van der Waals surface area contributed by atoms with Crippen LogP contribution in [0.2, 0.25) is 0 Å². The van der Waals surface area contributed by atoms with Gasteiger partial charge >= 0.3 is 0 Å². The summed E-state index contributed by atoms with van der Waals surface area (Å²) >= 11 is 5.04. The molecule has 1 heterocycles. The zero-order valence-electron chi connectivity index (χ0n) is 12.3. The average Bonchev–Trinajstić information content (AvgIpc) is 2.87. The third-order valence-electron chi connectivity index (χ3n) is 2.82. The second-order valence-electron chi connectivity index (χ2n) is 5.10. The summed E-state index contributed by atoms with van der Waals surface area (Å²) in [5, 5.41) is 10.0. The lowest BCUT2D eigenvalue weighted by atomic mass is 10.2. The van der Waals surface area contributed by atoms with Crippen LogP contribution in [0, 0.1) is 23.3 Å². The molecule has 2 rings (SSSR count). The topological polar surface area (TPSA) is 41.9 Å². The van der Waals surface area contributed by atoms with Crippen molar-refractivity contribution in [3.05, 3.63) is 47.2 Å². The van der Waals surface area contributed by atoms with Crippen LogP contribution in [0.3, 0.4) is 0 Å². The zero-order valence-corrected chi connectivity index (χ0v) is 13.1. The highest BCUT2D eigenvalue weighted by molar-refractivity contribution is 7.80. The van der Waals surface area contributed by atoms with Crippen molar-refractivity contribution in [2.45, 2.75) is 26.4 Å². The lowest BCUT2D eigenvalue weighted by Gasteiger charge is -2.11. The van der Waals surface area contributed by atoms with E-state index in [0.29, 0.717) is 10.9 Å². The average molecular weight is 346 g/mol. The number of benzene rings is 1. The molecule has 1 aromatic carbocycles. The third kappa shape index (κ3) is 4.19. The Morgan fingerprint density at radius 1 is 1.22 bits per heavy atom.